The van der Waals surface area contributed by atoms with Gasteiger partial charge >= 0.3 is 0 Å². The Morgan fingerprint density at radius 1 is 1.35 bits per heavy atom. The lowest BCUT2D eigenvalue weighted by Crippen LogP contribution is -2.23. The Hall–Kier alpha value is -1.85. The van der Waals surface area contributed by atoms with E-state index in [-0.39, 0.29) is 0 Å². The van der Waals surface area contributed by atoms with Crippen molar-refractivity contribution in [3.05, 3.63) is 41.0 Å². The van der Waals surface area contributed by atoms with Crippen LogP contribution in [-0.4, -0.2) is 23.0 Å². The summed E-state index contributed by atoms with van der Waals surface area (Å²) in [7, 11) is 1.70. The summed E-state index contributed by atoms with van der Waals surface area (Å²) in [6.45, 7) is 2.01. The molecule has 0 aliphatic carbocycles. The first-order valence-electron chi connectivity index (χ1n) is 6.70. The number of para-hydroxylation sites is 1. The minimum absolute atomic E-state index is 0.869. The second-order valence-electron chi connectivity index (χ2n) is 4.88. The first kappa shape index (κ1) is 11.9. The van der Waals surface area contributed by atoms with Crippen LogP contribution >= 0.6 is 11.3 Å². The molecule has 0 unspecified atom stereocenters. The highest BCUT2D eigenvalue weighted by atomic mass is 32.1. The van der Waals surface area contributed by atoms with Gasteiger partial charge in [-0.3, -0.25) is 4.40 Å². The van der Waals surface area contributed by atoms with Gasteiger partial charge in [-0.15, -0.1) is 0 Å². The van der Waals surface area contributed by atoms with Crippen molar-refractivity contribution < 1.29 is 4.74 Å². The first-order valence-corrected chi connectivity index (χ1v) is 7.52. The molecule has 4 nitrogen and oxygen atoms in total. The fourth-order valence-corrected chi connectivity index (χ4v) is 3.84. The fraction of sp³-hybridized carbons (Fsp3) is 0.267. The Morgan fingerprint density at radius 2 is 2.25 bits per heavy atom. The zero-order valence-corrected chi connectivity index (χ0v) is 12.0. The molecule has 0 atom stereocenters. The predicted molar refractivity (Wildman–Crippen MR) is 80.5 cm³/mol. The fourth-order valence-electron chi connectivity index (χ4n) is 2.72. The topological polar surface area (TPSA) is 38.6 Å². The number of hydrogen-bond acceptors (Lipinski definition) is 4. The molecule has 1 aromatic carbocycles. The van der Waals surface area contributed by atoms with Gasteiger partial charge in [-0.2, -0.15) is 0 Å². The predicted octanol–water partition coefficient (Wildman–Crippen LogP) is 2.72. The molecule has 3 aromatic rings. The van der Waals surface area contributed by atoms with Gasteiger partial charge in [0.15, 0.2) is 4.96 Å². The molecule has 0 radical (unpaired) electrons. The van der Waals surface area contributed by atoms with Crippen molar-refractivity contribution in [1.29, 1.82) is 0 Å². The van der Waals surface area contributed by atoms with E-state index >= 15 is 0 Å². The van der Waals surface area contributed by atoms with E-state index in [9.17, 15) is 0 Å². The maximum Gasteiger partial charge on any atom is 0.194 e. The maximum absolute atomic E-state index is 5.43. The van der Waals surface area contributed by atoms with E-state index < -0.39 is 0 Å². The van der Waals surface area contributed by atoms with E-state index in [1.165, 1.54) is 10.6 Å². The van der Waals surface area contributed by atoms with Crippen LogP contribution in [0.1, 0.15) is 10.6 Å². The average molecular weight is 285 g/mol. The van der Waals surface area contributed by atoms with Crippen LogP contribution in [0.4, 0.5) is 0 Å². The highest BCUT2D eigenvalue weighted by Crippen LogP contribution is 2.32. The smallest absolute Gasteiger partial charge is 0.194 e. The number of imidazole rings is 1. The molecule has 5 heteroatoms. The molecular weight excluding hydrogens is 270 g/mol. The maximum atomic E-state index is 5.43. The standard InChI is InChI=1S/C15H15N3OS/c1-19-13-5-3-2-4-10(13)11-9-18-12-6-7-16-8-14(12)20-15(18)17-11/h2-5,9,16H,6-8H2,1H3. The van der Waals surface area contributed by atoms with Crippen LogP contribution < -0.4 is 10.1 Å². The van der Waals surface area contributed by atoms with E-state index in [4.69, 9.17) is 9.72 Å². The minimum Gasteiger partial charge on any atom is -0.496 e. The van der Waals surface area contributed by atoms with Gasteiger partial charge in [0.05, 0.1) is 12.8 Å². The Kier molecular flexibility index (Phi) is 2.75. The number of ether oxygens (including phenoxy) is 1. The molecule has 0 spiro atoms. The van der Waals surface area contributed by atoms with E-state index in [1.807, 2.05) is 18.2 Å². The Bertz CT molecular complexity index is 775. The van der Waals surface area contributed by atoms with E-state index in [1.54, 1.807) is 18.4 Å². The van der Waals surface area contributed by atoms with Crippen molar-refractivity contribution in [2.24, 2.45) is 0 Å². The summed E-state index contributed by atoms with van der Waals surface area (Å²) in [6.07, 6.45) is 3.20. The lowest BCUT2D eigenvalue weighted by atomic mass is 10.1. The third-order valence-electron chi connectivity index (χ3n) is 3.71. The van der Waals surface area contributed by atoms with Crippen molar-refractivity contribution in [2.45, 2.75) is 13.0 Å². The first-order chi connectivity index (χ1) is 9.86. The summed E-state index contributed by atoms with van der Waals surface area (Å²) >= 11 is 1.78. The van der Waals surface area contributed by atoms with Gasteiger partial charge in [0.25, 0.3) is 0 Å². The van der Waals surface area contributed by atoms with E-state index in [0.29, 0.717) is 0 Å². The second-order valence-corrected chi connectivity index (χ2v) is 5.94. The Balaban J connectivity index is 1.87. The molecule has 20 heavy (non-hydrogen) atoms. The summed E-state index contributed by atoms with van der Waals surface area (Å²) in [6, 6.07) is 8.03. The van der Waals surface area contributed by atoms with Crippen LogP contribution in [0.2, 0.25) is 0 Å². The van der Waals surface area contributed by atoms with Crippen LogP contribution in [0.5, 0.6) is 5.75 Å². The number of hydrogen-bond donors (Lipinski definition) is 1. The van der Waals surface area contributed by atoms with Crippen LogP contribution in [0.3, 0.4) is 0 Å². The number of thiazole rings is 1. The van der Waals surface area contributed by atoms with Gasteiger partial charge in [0.1, 0.15) is 5.75 Å². The number of fused-ring (bicyclic) bond motifs is 3. The number of rotatable bonds is 2. The zero-order chi connectivity index (χ0) is 13.5. The second kappa shape index (κ2) is 4.61. The summed E-state index contributed by atoms with van der Waals surface area (Å²) in [5.74, 6) is 0.869. The van der Waals surface area contributed by atoms with Crippen molar-refractivity contribution >= 4 is 16.3 Å². The largest absolute Gasteiger partial charge is 0.496 e. The SMILES string of the molecule is COc1ccccc1-c1cn2c3c(sc2n1)CNCC3. The summed E-state index contributed by atoms with van der Waals surface area (Å²) in [5.41, 5.74) is 3.43. The molecule has 102 valence electrons. The molecule has 3 heterocycles. The molecular formula is C15H15N3OS. The number of benzene rings is 1. The molecule has 0 saturated heterocycles. The number of aromatic nitrogens is 2. The number of methoxy groups -OCH3 is 1. The van der Waals surface area contributed by atoms with Gasteiger partial charge in [-0.1, -0.05) is 23.5 Å². The van der Waals surface area contributed by atoms with Crippen molar-refractivity contribution in [3.8, 4) is 17.0 Å². The third-order valence-corrected chi connectivity index (χ3v) is 4.80. The molecule has 4 rings (SSSR count). The van der Waals surface area contributed by atoms with Gasteiger partial charge in [0.2, 0.25) is 0 Å². The van der Waals surface area contributed by atoms with Gasteiger partial charge < -0.3 is 10.1 Å². The third kappa shape index (κ3) is 1.74. The average Bonchev–Trinajstić information content (AvgIpc) is 3.04. The Morgan fingerprint density at radius 3 is 3.15 bits per heavy atom. The highest BCUT2D eigenvalue weighted by Gasteiger charge is 2.18. The van der Waals surface area contributed by atoms with Gasteiger partial charge in [-0.05, 0) is 12.1 Å². The molecule has 1 aliphatic heterocycles. The molecule has 1 N–H and O–H groups in total. The Labute approximate surface area is 121 Å². The van der Waals surface area contributed by atoms with Crippen LogP contribution in [0.15, 0.2) is 30.5 Å². The summed E-state index contributed by atoms with van der Waals surface area (Å²) in [5, 5.41) is 3.41. The van der Waals surface area contributed by atoms with Crippen molar-refractivity contribution in [2.75, 3.05) is 13.7 Å². The molecule has 1 aliphatic rings. The number of nitrogens with zero attached hydrogens (tertiary/aromatic N) is 2. The lowest BCUT2D eigenvalue weighted by molar-refractivity contribution is 0.416. The molecule has 0 amide bonds. The molecule has 0 saturated carbocycles. The monoisotopic (exact) mass is 285 g/mol. The van der Waals surface area contributed by atoms with E-state index in [2.05, 4.69) is 22.0 Å². The van der Waals surface area contributed by atoms with E-state index in [0.717, 1.165) is 41.5 Å². The number of nitrogens with one attached hydrogen (secondary N) is 1. The highest BCUT2D eigenvalue weighted by molar-refractivity contribution is 7.17. The molecule has 2 aromatic heterocycles. The van der Waals surface area contributed by atoms with Crippen LogP contribution in [0.25, 0.3) is 16.2 Å². The summed E-state index contributed by atoms with van der Waals surface area (Å²) in [4.78, 5) is 7.25. The molecule has 0 fully saturated rings. The quantitative estimate of drug-likeness (QED) is 0.787. The van der Waals surface area contributed by atoms with Gasteiger partial charge in [0, 0.05) is 41.8 Å². The normalized spacial score (nSPS) is 14.4. The van der Waals surface area contributed by atoms with Crippen molar-refractivity contribution in [3.63, 3.8) is 0 Å². The van der Waals surface area contributed by atoms with Gasteiger partial charge in [-0.25, -0.2) is 4.98 Å². The zero-order valence-electron chi connectivity index (χ0n) is 11.2. The van der Waals surface area contributed by atoms with Crippen molar-refractivity contribution in [1.82, 2.24) is 14.7 Å². The van der Waals surface area contributed by atoms with Crippen LogP contribution in [-0.2, 0) is 13.0 Å². The van der Waals surface area contributed by atoms with Crippen LogP contribution in [0, 0.1) is 0 Å². The summed E-state index contributed by atoms with van der Waals surface area (Å²) < 4.78 is 7.67. The minimum atomic E-state index is 0.869. The molecule has 0 bridgehead atoms. The lowest BCUT2D eigenvalue weighted by Gasteiger charge is -2.11.